The van der Waals surface area contributed by atoms with Crippen molar-refractivity contribution in [3.63, 3.8) is 0 Å². The summed E-state index contributed by atoms with van der Waals surface area (Å²) in [5.41, 5.74) is -0.777. The van der Waals surface area contributed by atoms with E-state index in [4.69, 9.17) is 4.74 Å². The molecule has 0 radical (unpaired) electrons. The standard InChI is InChI=1S/C18H25F3N2O2/c1-17(2,3)25-16(24)23-9-5-6-13(12-23)11-22-15-8-4-7-14(10-15)18(19,20)21/h4,7-8,10,13,22H,5-6,9,11-12H2,1-3H3. The second-order valence-corrected chi connectivity index (χ2v) is 7.39. The summed E-state index contributed by atoms with van der Waals surface area (Å²) < 4.78 is 43.6. The number of halogens is 3. The number of ether oxygens (including phenoxy) is 1. The molecule has 2 rings (SSSR count). The van der Waals surface area contributed by atoms with Crippen molar-refractivity contribution in [2.45, 2.75) is 45.4 Å². The van der Waals surface area contributed by atoms with Gasteiger partial charge in [0.25, 0.3) is 0 Å². The van der Waals surface area contributed by atoms with Gasteiger partial charge in [-0.2, -0.15) is 13.2 Å². The molecule has 1 atom stereocenters. The summed E-state index contributed by atoms with van der Waals surface area (Å²) >= 11 is 0. The average Bonchev–Trinajstić information content (AvgIpc) is 2.51. The quantitative estimate of drug-likeness (QED) is 0.847. The molecular formula is C18H25F3N2O2. The highest BCUT2D eigenvalue weighted by atomic mass is 19.4. The maximum Gasteiger partial charge on any atom is 0.416 e. The van der Waals surface area contributed by atoms with E-state index >= 15 is 0 Å². The van der Waals surface area contributed by atoms with Crippen LogP contribution in [-0.4, -0.2) is 36.2 Å². The lowest BCUT2D eigenvalue weighted by atomic mass is 9.98. The van der Waals surface area contributed by atoms with Gasteiger partial charge in [-0.05, 0) is 57.7 Å². The summed E-state index contributed by atoms with van der Waals surface area (Å²) in [7, 11) is 0. The van der Waals surface area contributed by atoms with Crippen molar-refractivity contribution in [1.82, 2.24) is 4.90 Å². The second kappa shape index (κ2) is 7.54. The molecule has 0 spiro atoms. The van der Waals surface area contributed by atoms with E-state index < -0.39 is 17.3 Å². The Labute approximate surface area is 146 Å². The molecule has 0 aromatic heterocycles. The molecule has 1 saturated heterocycles. The highest BCUT2D eigenvalue weighted by molar-refractivity contribution is 5.68. The number of amides is 1. The van der Waals surface area contributed by atoms with Gasteiger partial charge in [0, 0.05) is 25.3 Å². The first kappa shape index (κ1) is 19.4. The molecule has 0 bridgehead atoms. The second-order valence-electron chi connectivity index (χ2n) is 7.39. The molecule has 1 unspecified atom stereocenters. The SMILES string of the molecule is CC(C)(C)OC(=O)N1CCCC(CNc2cccc(C(F)(F)F)c2)C1. The van der Waals surface area contributed by atoms with Gasteiger partial charge in [-0.25, -0.2) is 4.79 Å². The Morgan fingerprint density at radius 2 is 2.04 bits per heavy atom. The zero-order valence-electron chi connectivity index (χ0n) is 14.8. The zero-order chi connectivity index (χ0) is 18.7. The molecule has 7 heteroatoms. The van der Waals surface area contributed by atoms with Crippen molar-refractivity contribution in [2.24, 2.45) is 5.92 Å². The van der Waals surface area contributed by atoms with E-state index in [2.05, 4.69) is 5.32 Å². The van der Waals surface area contributed by atoms with Gasteiger partial charge in [-0.3, -0.25) is 0 Å². The minimum absolute atomic E-state index is 0.177. The normalized spacial score (nSPS) is 18.8. The molecule has 1 aliphatic rings. The van der Waals surface area contributed by atoms with Crippen LogP contribution < -0.4 is 5.32 Å². The minimum atomic E-state index is -4.35. The number of nitrogens with one attached hydrogen (secondary N) is 1. The van der Waals surface area contributed by atoms with Crippen LogP contribution in [0.4, 0.5) is 23.7 Å². The first-order valence-corrected chi connectivity index (χ1v) is 8.44. The van der Waals surface area contributed by atoms with Gasteiger partial charge in [-0.15, -0.1) is 0 Å². The number of benzene rings is 1. The lowest BCUT2D eigenvalue weighted by Crippen LogP contribution is -2.44. The number of carbonyl (C=O) groups is 1. The molecule has 4 nitrogen and oxygen atoms in total. The number of rotatable bonds is 3. The Bertz CT molecular complexity index is 597. The maximum atomic E-state index is 12.8. The molecule has 1 heterocycles. The number of anilines is 1. The monoisotopic (exact) mass is 358 g/mol. The van der Waals surface area contributed by atoms with Crippen molar-refractivity contribution in [1.29, 1.82) is 0 Å². The molecule has 1 N–H and O–H groups in total. The Balaban J connectivity index is 1.90. The fourth-order valence-corrected chi connectivity index (χ4v) is 2.79. The predicted molar refractivity (Wildman–Crippen MR) is 90.5 cm³/mol. The molecule has 0 saturated carbocycles. The van der Waals surface area contributed by atoms with Crippen molar-refractivity contribution in [3.8, 4) is 0 Å². The number of piperidine rings is 1. The largest absolute Gasteiger partial charge is 0.444 e. The fourth-order valence-electron chi connectivity index (χ4n) is 2.79. The summed E-state index contributed by atoms with van der Waals surface area (Å²) in [5.74, 6) is 0.177. The summed E-state index contributed by atoms with van der Waals surface area (Å²) in [6, 6.07) is 5.16. The Hall–Kier alpha value is -1.92. The minimum Gasteiger partial charge on any atom is -0.444 e. The molecule has 1 aromatic rings. The van der Waals surface area contributed by atoms with E-state index in [0.717, 1.165) is 25.0 Å². The third-order valence-electron chi connectivity index (χ3n) is 3.96. The lowest BCUT2D eigenvalue weighted by molar-refractivity contribution is -0.137. The highest BCUT2D eigenvalue weighted by Crippen LogP contribution is 2.30. The zero-order valence-corrected chi connectivity index (χ0v) is 14.8. The third kappa shape index (κ3) is 6.14. The Kier molecular flexibility index (Phi) is 5.85. The van der Waals surface area contributed by atoms with E-state index in [1.165, 1.54) is 6.07 Å². The molecule has 25 heavy (non-hydrogen) atoms. The average molecular weight is 358 g/mol. The van der Waals surface area contributed by atoms with Crippen molar-refractivity contribution in [2.75, 3.05) is 25.0 Å². The number of carbonyl (C=O) groups excluding carboxylic acids is 1. The lowest BCUT2D eigenvalue weighted by Gasteiger charge is -2.34. The smallest absolute Gasteiger partial charge is 0.416 e. The van der Waals surface area contributed by atoms with Crippen LogP contribution in [0.25, 0.3) is 0 Å². The van der Waals surface area contributed by atoms with Crippen LogP contribution in [0.15, 0.2) is 24.3 Å². The summed E-state index contributed by atoms with van der Waals surface area (Å²) in [4.78, 5) is 13.8. The van der Waals surface area contributed by atoms with E-state index in [9.17, 15) is 18.0 Å². The van der Waals surface area contributed by atoms with Gasteiger partial charge >= 0.3 is 12.3 Å². The number of likely N-dealkylation sites (tertiary alicyclic amines) is 1. The van der Waals surface area contributed by atoms with Crippen molar-refractivity contribution in [3.05, 3.63) is 29.8 Å². The summed E-state index contributed by atoms with van der Waals surface area (Å²) in [5, 5.41) is 3.06. The van der Waals surface area contributed by atoms with Gasteiger partial charge in [0.05, 0.1) is 5.56 Å². The van der Waals surface area contributed by atoms with Crippen LogP contribution in [0.5, 0.6) is 0 Å². The molecule has 1 aliphatic heterocycles. The van der Waals surface area contributed by atoms with E-state index in [0.29, 0.717) is 25.3 Å². The number of nitrogens with zero attached hydrogens (tertiary/aromatic N) is 1. The first-order chi connectivity index (χ1) is 11.5. The van der Waals surface area contributed by atoms with Crippen molar-refractivity contribution < 1.29 is 22.7 Å². The van der Waals surface area contributed by atoms with Crippen molar-refractivity contribution >= 4 is 11.8 Å². The molecule has 140 valence electrons. The number of hydrogen-bond acceptors (Lipinski definition) is 3. The van der Waals surface area contributed by atoms with E-state index in [-0.39, 0.29) is 12.0 Å². The van der Waals surface area contributed by atoms with Gasteiger partial charge in [0.15, 0.2) is 0 Å². The molecule has 1 aromatic carbocycles. The topological polar surface area (TPSA) is 41.6 Å². The van der Waals surface area contributed by atoms with Gasteiger partial charge in [-0.1, -0.05) is 6.07 Å². The van der Waals surface area contributed by atoms with Crippen LogP contribution in [-0.2, 0) is 10.9 Å². The third-order valence-corrected chi connectivity index (χ3v) is 3.96. The molecule has 1 amide bonds. The van der Waals surface area contributed by atoms with Gasteiger partial charge in [0.1, 0.15) is 5.60 Å². The van der Waals surface area contributed by atoms with Crippen LogP contribution in [0.2, 0.25) is 0 Å². The summed E-state index contributed by atoms with van der Waals surface area (Å²) in [6.45, 7) is 7.17. The maximum absolute atomic E-state index is 12.8. The molecule has 0 aliphatic carbocycles. The van der Waals surface area contributed by atoms with Crippen LogP contribution in [0.3, 0.4) is 0 Å². The van der Waals surface area contributed by atoms with Crippen LogP contribution in [0.1, 0.15) is 39.2 Å². The van der Waals surface area contributed by atoms with E-state index in [1.54, 1.807) is 11.0 Å². The Morgan fingerprint density at radius 3 is 2.68 bits per heavy atom. The summed E-state index contributed by atoms with van der Waals surface area (Å²) in [6.07, 6.45) is -2.91. The van der Waals surface area contributed by atoms with E-state index in [1.807, 2.05) is 20.8 Å². The fraction of sp³-hybridized carbons (Fsp3) is 0.611. The molecule has 1 fully saturated rings. The first-order valence-electron chi connectivity index (χ1n) is 8.44. The molecular weight excluding hydrogens is 333 g/mol. The van der Waals surface area contributed by atoms with Crippen LogP contribution >= 0.6 is 0 Å². The number of hydrogen-bond donors (Lipinski definition) is 1. The van der Waals surface area contributed by atoms with Gasteiger partial charge < -0.3 is 15.0 Å². The van der Waals surface area contributed by atoms with Crippen LogP contribution in [0, 0.1) is 5.92 Å². The predicted octanol–water partition coefficient (Wildman–Crippen LogP) is 4.76. The number of alkyl halides is 3. The highest BCUT2D eigenvalue weighted by Gasteiger charge is 2.31. The Morgan fingerprint density at radius 1 is 1.32 bits per heavy atom. The van der Waals surface area contributed by atoms with Gasteiger partial charge in [0.2, 0.25) is 0 Å².